The van der Waals surface area contributed by atoms with E-state index in [2.05, 4.69) is 19.1 Å². The Labute approximate surface area is 144 Å². The van der Waals surface area contributed by atoms with Gasteiger partial charge in [-0.15, -0.1) is 0 Å². The molecule has 0 bridgehead atoms. The van der Waals surface area contributed by atoms with Crippen LogP contribution in [-0.4, -0.2) is 18.2 Å². The van der Waals surface area contributed by atoms with Gasteiger partial charge in [0.15, 0.2) is 0 Å². The highest BCUT2D eigenvalue weighted by molar-refractivity contribution is 5.69. The summed E-state index contributed by atoms with van der Waals surface area (Å²) in [6.45, 7) is 6.56. The summed E-state index contributed by atoms with van der Waals surface area (Å²) in [4.78, 5) is 22.3. The predicted octanol–water partition coefficient (Wildman–Crippen LogP) is 4.67. The zero-order valence-electron chi connectivity index (χ0n) is 15.1. The van der Waals surface area contributed by atoms with Crippen LogP contribution >= 0.6 is 0 Å². The summed E-state index contributed by atoms with van der Waals surface area (Å²) >= 11 is 0. The van der Waals surface area contributed by atoms with Crippen molar-refractivity contribution in [3.63, 3.8) is 0 Å². The molecule has 0 amide bonds. The Morgan fingerprint density at radius 3 is 2.04 bits per heavy atom. The van der Waals surface area contributed by atoms with Crippen molar-refractivity contribution in [3.05, 3.63) is 41.0 Å². The molecule has 0 radical (unpaired) electrons. The van der Waals surface area contributed by atoms with Gasteiger partial charge in [0.2, 0.25) is 0 Å². The number of benzene rings is 1. The second-order valence-electron chi connectivity index (χ2n) is 5.99. The van der Waals surface area contributed by atoms with Gasteiger partial charge in [-0.25, -0.2) is 0 Å². The highest BCUT2D eigenvalue weighted by Gasteiger charge is 2.17. The van der Waals surface area contributed by atoms with Crippen LogP contribution in [0.2, 0.25) is 0 Å². The second-order valence-corrected chi connectivity index (χ2v) is 5.99. The van der Waals surface area contributed by atoms with E-state index < -0.39 is 18.2 Å². The van der Waals surface area contributed by atoms with E-state index >= 15 is 0 Å². The van der Waals surface area contributed by atoms with E-state index in [4.69, 9.17) is 9.47 Å². The minimum atomic E-state index is -0.978. The molecule has 0 aliphatic rings. The summed E-state index contributed by atoms with van der Waals surface area (Å²) in [7, 11) is 0. The van der Waals surface area contributed by atoms with Crippen molar-refractivity contribution in [2.75, 3.05) is 0 Å². The smallest absolute Gasteiger partial charge is 0.305 e. The van der Waals surface area contributed by atoms with E-state index in [1.807, 2.05) is 18.2 Å². The van der Waals surface area contributed by atoms with Crippen LogP contribution in [0.1, 0.15) is 64.5 Å². The summed E-state index contributed by atoms with van der Waals surface area (Å²) < 4.78 is 10.1. The van der Waals surface area contributed by atoms with Crippen LogP contribution in [0, 0.1) is 0 Å². The number of unbranched alkanes of at least 4 members (excludes halogenated alkanes) is 3. The molecule has 4 nitrogen and oxygen atoms in total. The minimum Gasteiger partial charge on any atom is -0.421 e. The number of hydrogen-bond acceptors (Lipinski definition) is 4. The van der Waals surface area contributed by atoms with Crippen LogP contribution < -0.4 is 0 Å². The third-order valence-corrected chi connectivity index (χ3v) is 3.61. The lowest BCUT2D eigenvalue weighted by Crippen LogP contribution is -2.23. The average molecular weight is 332 g/mol. The lowest BCUT2D eigenvalue weighted by Gasteiger charge is -2.17. The molecule has 0 spiro atoms. The monoisotopic (exact) mass is 332 g/mol. The zero-order valence-corrected chi connectivity index (χ0v) is 15.1. The molecule has 0 aliphatic carbocycles. The highest BCUT2D eigenvalue weighted by Crippen LogP contribution is 2.16. The zero-order chi connectivity index (χ0) is 17.9. The Balaban J connectivity index is 2.71. The fourth-order valence-corrected chi connectivity index (χ4v) is 2.38. The molecule has 1 aromatic rings. The summed E-state index contributed by atoms with van der Waals surface area (Å²) in [5.41, 5.74) is 2.96. The van der Waals surface area contributed by atoms with Gasteiger partial charge in [0, 0.05) is 19.4 Å². The number of ether oxygens (including phenoxy) is 2. The molecule has 0 aliphatic heterocycles. The largest absolute Gasteiger partial charge is 0.421 e. The molecule has 0 N–H and O–H groups in total. The van der Waals surface area contributed by atoms with Crippen molar-refractivity contribution in [1.82, 2.24) is 0 Å². The number of aryl methyl sites for hydroxylation is 1. The van der Waals surface area contributed by atoms with Gasteiger partial charge in [0.25, 0.3) is 6.29 Å². The fourth-order valence-electron chi connectivity index (χ4n) is 2.38. The predicted molar refractivity (Wildman–Crippen MR) is 95.3 cm³/mol. The number of carbonyl (C=O) groups excluding carboxylic acids is 2. The topological polar surface area (TPSA) is 52.6 Å². The normalized spacial score (nSPS) is 11.5. The van der Waals surface area contributed by atoms with Crippen LogP contribution in [0.15, 0.2) is 29.8 Å². The van der Waals surface area contributed by atoms with Crippen molar-refractivity contribution >= 4 is 18.0 Å². The first-order chi connectivity index (χ1) is 11.4. The van der Waals surface area contributed by atoms with Gasteiger partial charge in [-0.2, -0.15) is 0 Å². The first-order valence-electron chi connectivity index (χ1n) is 8.54. The molecular formula is C20H28O4. The molecule has 0 atom stereocenters. The van der Waals surface area contributed by atoms with E-state index in [-0.39, 0.29) is 0 Å². The van der Waals surface area contributed by atoms with E-state index in [0.717, 1.165) is 12.0 Å². The maximum atomic E-state index is 11.1. The molecule has 0 unspecified atom stereocenters. The maximum Gasteiger partial charge on any atom is 0.305 e. The van der Waals surface area contributed by atoms with E-state index in [9.17, 15) is 9.59 Å². The van der Waals surface area contributed by atoms with Gasteiger partial charge in [0.1, 0.15) is 0 Å². The van der Waals surface area contributed by atoms with Crippen LogP contribution in [0.4, 0.5) is 0 Å². The Bertz CT molecular complexity index is 542. The van der Waals surface area contributed by atoms with Crippen molar-refractivity contribution in [1.29, 1.82) is 0 Å². The molecule has 132 valence electrons. The molecule has 0 aromatic heterocycles. The molecule has 0 saturated heterocycles. The minimum absolute atomic E-state index is 0.489. The van der Waals surface area contributed by atoms with Gasteiger partial charge in [-0.3, -0.25) is 9.59 Å². The summed E-state index contributed by atoms with van der Waals surface area (Å²) in [5, 5.41) is 0. The molecule has 0 heterocycles. The molecular weight excluding hydrogens is 304 g/mol. The van der Waals surface area contributed by atoms with Gasteiger partial charge >= 0.3 is 11.9 Å². The first kappa shape index (κ1) is 19.9. The number of hydrogen-bond donors (Lipinski definition) is 0. The Kier molecular flexibility index (Phi) is 8.84. The van der Waals surface area contributed by atoms with E-state index in [0.29, 0.717) is 5.57 Å². The second kappa shape index (κ2) is 10.6. The average Bonchev–Trinajstić information content (AvgIpc) is 2.51. The summed E-state index contributed by atoms with van der Waals surface area (Å²) in [6, 6.07) is 8.27. The molecule has 24 heavy (non-hydrogen) atoms. The standard InChI is InChI=1S/C20H28O4/c1-5-6-7-8-9-18-10-12-19(13-11-18)14-15(2)20(23-16(3)21)24-17(4)22/h10-14,20H,5-9H2,1-4H3. The van der Waals surface area contributed by atoms with E-state index in [1.54, 1.807) is 6.92 Å². The van der Waals surface area contributed by atoms with Crippen LogP contribution in [0.5, 0.6) is 0 Å². The Morgan fingerprint density at radius 2 is 1.54 bits per heavy atom. The third kappa shape index (κ3) is 7.95. The van der Waals surface area contributed by atoms with Crippen LogP contribution in [0.3, 0.4) is 0 Å². The molecule has 0 fully saturated rings. The third-order valence-electron chi connectivity index (χ3n) is 3.61. The number of carbonyl (C=O) groups is 2. The lowest BCUT2D eigenvalue weighted by atomic mass is 10.0. The molecule has 4 heteroatoms. The molecule has 1 rings (SSSR count). The molecule has 0 saturated carbocycles. The van der Waals surface area contributed by atoms with Crippen molar-refractivity contribution < 1.29 is 19.1 Å². The number of rotatable bonds is 9. The first-order valence-corrected chi connectivity index (χ1v) is 8.54. The van der Waals surface area contributed by atoms with Crippen LogP contribution in [-0.2, 0) is 25.5 Å². The summed E-state index contributed by atoms with van der Waals surface area (Å²) in [5.74, 6) is -0.979. The van der Waals surface area contributed by atoms with Gasteiger partial charge in [-0.1, -0.05) is 50.5 Å². The van der Waals surface area contributed by atoms with Crippen molar-refractivity contribution in [2.24, 2.45) is 0 Å². The van der Waals surface area contributed by atoms with Gasteiger partial charge < -0.3 is 9.47 Å². The quantitative estimate of drug-likeness (QED) is 0.375. The summed E-state index contributed by atoms with van der Waals surface area (Å²) in [6.07, 6.45) is 6.98. The highest BCUT2D eigenvalue weighted by atomic mass is 16.7. The SMILES string of the molecule is CCCCCCc1ccc(C=C(C)C(OC(C)=O)OC(C)=O)cc1. The Morgan fingerprint density at radius 1 is 0.958 bits per heavy atom. The lowest BCUT2D eigenvalue weighted by molar-refractivity contribution is -0.177. The fraction of sp³-hybridized carbons (Fsp3) is 0.500. The van der Waals surface area contributed by atoms with E-state index in [1.165, 1.54) is 45.1 Å². The Hall–Kier alpha value is -2.10. The van der Waals surface area contributed by atoms with Crippen molar-refractivity contribution in [2.45, 2.75) is 66.1 Å². The van der Waals surface area contributed by atoms with Gasteiger partial charge in [0.05, 0.1) is 0 Å². The molecule has 1 aromatic carbocycles. The van der Waals surface area contributed by atoms with Crippen molar-refractivity contribution in [3.8, 4) is 0 Å². The van der Waals surface area contributed by atoms with Crippen LogP contribution in [0.25, 0.3) is 6.08 Å². The van der Waals surface area contributed by atoms with Gasteiger partial charge in [-0.05, 0) is 37.0 Å². The number of esters is 2. The maximum absolute atomic E-state index is 11.1.